The summed E-state index contributed by atoms with van der Waals surface area (Å²) in [6.07, 6.45) is -0.917. The first-order valence-electron chi connectivity index (χ1n) is 5.64. The Balaban J connectivity index is 2.08. The summed E-state index contributed by atoms with van der Waals surface area (Å²) >= 11 is 0. The maximum Gasteiger partial charge on any atom is 0.416 e. The Morgan fingerprint density at radius 3 is 2.32 bits per heavy atom. The van der Waals surface area contributed by atoms with Crippen LogP contribution in [0, 0.1) is 0 Å². The van der Waals surface area contributed by atoms with Gasteiger partial charge in [-0.3, -0.25) is 0 Å². The number of nitrogens with zero attached hydrogens (tertiary/aromatic N) is 2. The molecule has 0 fully saturated rings. The molecule has 1 aromatic heterocycles. The van der Waals surface area contributed by atoms with Crippen molar-refractivity contribution >= 4 is 0 Å². The Morgan fingerprint density at radius 1 is 1.11 bits per heavy atom. The van der Waals surface area contributed by atoms with Gasteiger partial charge >= 0.3 is 6.18 Å². The van der Waals surface area contributed by atoms with E-state index in [0.717, 1.165) is 17.7 Å². The number of alkyl halides is 3. The molecule has 2 rings (SSSR count). The lowest BCUT2D eigenvalue weighted by molar-refractivity contribution is -0.137. The van der Waals surface area contributed by atoms with Crippen molar-refractivity contribution in [3.8, 4) is 0 Å². The highest BCUT2D eigenvalue weighted by molar-refractivity contribution is 5.26. The Hall–Kier alpha value is -1.95. The zero-order valence-corrected chi connectivity index (χ0v) is 9.93. The maximum absolute atomic E-state index is 12.4. The molecule has 0 bridgehead atoms. The van der Waals surface area contributed by atoms with E-state index in [1.54, 1.807) is 12.3 Å². The normalized spacial score (nSPS) is 13.3. The van der Waals surface area contributed by atoms with Gasteiger partial charge in [0, 0.05) is 6.20 Å². The number of halogens is 3. The zero-order valence-electron chi connectivity index (χ0n) is 9.93. The van der Waals surface area contributed by atoms with Crippen molar-refractivity contribution in [2.24, 2.45) is 5.73 Å². The molecule has 6 heteroatoms. The lowest BCUT2D eigenvalue weighted by Crippen LogP contribution is -2.15. The van der Waals surface area contributed by atoms with Crippen LogP contribution in [0.25, 0.3) is 0 Å². The number of benzene rings is 1. The second-order valence-corrected chi connectivity index (χ2v) is 4.14. The number of nitrogens with two attached hydrogens (primary N) is 1. The molecule has 1 heterocycles. The van der Waals surface area contributed by atoms with Gasteiger partial charge < -0.3 is 5.73 Å². The molecule has 1 aromatic carbocycles. The third-order valence-electron chi connectivity index (χ3n) is 2.72. The van der Waals surface area contributed by atoms with Crippen LogP contribution < -0.4 is 5.73 Å². The Bertz CT molecular complexity index is 523. The largest absolute Gasteiger partial charge is 0.416 e. The van der Waals surface area contributed by atoms with Crippen molar-refractivity contribution in [3.63, 3.8) is 0 Å². The van der Waals surface area contributed by atoms with Crippen LogP contribution in [0.1, 0.15) is 22.9 Å². The van der Waals surface area contributed by atoms with Gasteiger partial charge in [0.1, 0.15) is 6.33 Å². The first-order chi connectivity index (χ1) is 8.97. The topological polar surface area (TPSA) is 51.8 Å². The summed E-state index contributed by atoms with van der Waals surface area (Å²) in [5.41, 5.74) is 6.68. The van der Waals surface area contributed by atoms with E-state index in [1.165, 1.54) is 18.5 Å². The molecule has 0 saturated heterocycles. The van der Waals surface area contributed by atoms with Crippen LogP contribution in [0.4, 0.5) is 13.2 Å². The van der Waals surface area contributed by atoms with Crippen molar-refractivity contribution in [2.75, 3.05) is 0 Å². The van der Waals surface area contributed by atoms with Crippen molar-refractivity contribution in [1.82, 2.24) is 9.97 Å². The molecular weight excluding hydrogens is 255 g/mol. The fraction of sp³-hybridized carbons (Fsp3) is 0.231. The lowest BCUT2D eigenvalue weighted by Gasteiger charge is -2.12. The van der Waals surface area contributed by atoms with E-state index in [0.29, 0.717) is 12.1 Å². The maximum atomic E-state index is 12.4. The SMILES string of the molecule is NC(Cc1ccc(C(F)(F)F)cc1)c1ccncn1. The minimum atomic E-state index is -4.31. The molecule has 0 aliphatic heterocycles. The van der Waals surface area contributed by atoms with Crippen LogP contribution in [0.15, 0.2) is 42.9 Å². The smallest absolute Gasteiger partial charge is 0.322 e. The van der Waals surface area contributed by atoms with Crippen molar-refractivity contribution < 1.29 is 13.2 Å². The Morgan fingerprint density at radius 2 is 1.79 bits per heavy atom. The monoisotopic (exact) mass is 267 g/mol. The second kappa shape index (κ2) is 5.36. The standard InChI is InChI=1S/C13H12F3N3/c14-13(15,16)10-3-1-9(2-4-10)7-11(17)12-5-6-18-8-19-12/h1-6,8,11H,7,17H2. The highest BCUT2D eigenvalue weighted by atomic mass is 19.4. The average Bonchev–Trinajstić information content (AvgIpc) is 2.39. The number of hydrogen-bond donors (Lipinski definition) is 1. The molecule has 19 heavy (non-hydrogen) atoms. The van der Waals surface area contributed by atoms with E-state index in [-0.39, 0.29) is 6.04 Å². The van der Waals surface area contributed by atoms with E-state index in [4.69, 9.17) is 5.73 Å². The summed E-state index contributed by atoms with van der Waals surface area (Å²) < 4.78 is 37.2. The molecule has 1 unspecified atom stereocenters. The lowest BCUT2D eigenvalue weighted by atomic mass is 10.0. The average molecular weight is 267 g/mol. The minimum Gasteiger partial charge on any atom is -0.322 e. The van der Waals surface area contributed by atoms with Crippen molar-refractivity contribution in [1.29, 1.82) is 0 Å². The summed E-state index contributed by atoms with van der Waals surface area (Å²) in [6.45, 7) is 0. The van der Waals surface area contributed by atoms with E-state index < -0.39 is 11.7 Å². The molecule has 100 valence electrons. The van der Waals surface area contributed by atoms with Crippen LogP contribution in [-0.4, -0.2) is 9.97 Å². The highest BCUT2D eigenvalue weighted by Crippen LogP contribution is 2.29. The van der Waals surface area contributed by atoms with Gasteiger partial charge in [-0.15, -0.1) is 0 Å². The van der Waals surface area contributed by atoms with Crippen LogP contribution in [0.2, 0.25) is 0 Å². The van der Waals surface area contributed by atoms with Crippen LogP contribution in [0.3, 0.4) is 0 Å². The fourth-order valence-corrected chi connectivity index (χ4v) is 1.71. The Labute approximate surface area is 108 Å². The van der Waals surface area contributed by atoms with Gasteiger partial charge in [-0.25, -0.2) is 9.97 Å². The Kier molecular flexibility index (Phi) is 3.80. The van der Waals surface area contributed by atoms with Gasteiger partial charge in [-0.05, 0) is 30.2 Å². The molecule has 0 radical (unpaired) electrons. The molecule has 0 spiro atoms. The van der Waals surface area contributed by atoms with Crippen LogP contribution in [-0.2, 0) is 12.6 Å². The van der Waals surface area contributed by atoms with Crippen molar-refractivity contribution in [2.45, 2.75) is 18.6 Å². The number of rotatable bonds is 3. The van der Waals surface area contributed by atoms with Gasteiger partial charge in [-0.1, -0.05) is 12.1 Å². The number of aromatic nitrogens is 2. The third kappa shape index (κ3) is 3.51. The molecule has 2 aromatic rings. The van der Waals surface area contributed by atoms with E-state index in [2.05, 4.69) is 9.97 Å². The summed E-state index contributed by atoms with van der Waals surface area (Å²) in [5, 5.41) is 0. The van der Waals surface area contributed by atoms with Crippen LogP contribution in [0.5, 0.6) is 0 Å². The van der Waals surface area contributed by atoms with Gasteiger partial charge in [-0.2, -0.15) is 13.2 Å². The van der Waals surface area contributed by atoms with Gasteiger partial charge in [0.2, 0.25) is 0 Å². The van der Waals surface area contributed by atoms with Gasteiger partial charge in [0.05, 0.1) is 17.3 Å². The fourth-order valence-electron chi connectivity index (χ4n) is 1.71. The molecule has 1 atom stereocenters. The zero-order chi connectivity index (χ0) is 13.9. The molecular formula is C13H12F3N3. The first-order valence-corrected chi connectivity index (χ1v) is 5.64. The van der Waals surface area contributed by atoms with E-state index >= 15 is 0 Å². The van der Waals surface area contributed by atoms with Gasteiger partial charge in [0.25, 0.3) is 0 Å². The molecule has 2 N–H and O–H groups in total. The quantitative estimate of drug-likeness (QED) is 0.930. The first kappa shape index (κ1) is 13.5. The predicted molar refractivity (Wildman–Crippen MR) is 64.1 cm³/mol. The molecule has 3 nitrogen and oxygen atoms in total. The minimum absolute atomic E-state index is 0.361. The molecule has 0 amide bonds. The van der Waals surface area contributed by atoms with Gasteiger partial charge in [0.15, 0.2) is 0 Å². The molecule has 0 saturated carbocycles. The highest BCUT2D eigenvalue weighted by Gasteiger charge is 2.29. The second-order valence-electron chi connectivity index (χ2n) is 4.14. The molecule has 0 aliphatic carbocycles. The van der Waals surface area contributed by atoms with Crippen molar-refractivity contribution in [3.05, 3.63) is 59.7 Å². The summed E-state index contributed by atoms with van der Waals surface area (Å²) in [6, 6.07) is 6.31. The number of hydrogen-bond acceptors (Lipinski definition) is 3. The van der Waals surface area contributed by atoms with E-state index in [9.17, 15) is 13.2 Å². The summed E-state index contributed by atoms with van der Waals surface area (Å²) in [4.78, 5) is 7.80. The predicted octanol–water partition coefficient (Wildman–Crippen LogP) is 2.74. The van der Waals surface area contributed by atoms with E-state index in [1.807, 2.05) is 0 Å². The summed E-state index contributed by atoms with van der Waals surface area (Å²) in [5.74, 6) is 0. The third-order valence-corrected chi connectivity index (χ3v) is 2.72. The summed E-state index contributed by atoms with van der Waals surface area (Å²) in [7, 11) is 0. The van der Waals surface area contributed by atoms with Crippen LogP contribution >= 0.6 is 0 Å². The molecule has 0 aliphatic rings.